The fourth-order valence-electron chi connectivity index (χ4n) is 3.56. The first-order valence-corrected chi connectivity index (χ1v) is 10.6. The molecule has 0 saturated carbocycles. The summed E-state index contributed by atoms with van der Waals surface area (Å²) in [6.45, 7) is 7.77. The average Bonchev–Trinajstić information content (AvgIpc) is 2.76. The Morgan fingerprint density at radius 1 is 1.13 bits per heavy atom. The number of carboxylic acids is 1. The second-order valence-electron chi connectivity index (χ2n) is 8.05. The Morgan fingerprint density at radius 3 is 2.52 bits per heavy atom. The number of aromatic carboxylic acids is 1. The van der Waals surface area contributed by atoms with Gasteiger partial charge in [-0.2, -0.15) is 0 Å². The molecule has 1 amide bonds. The lowest BCUT2D eigenvalue weighted by Crippen LogP contribution is -2.43. The van der Waals surface area contributed by atoms with E-state index in [4.69, 9.17) is 5.11 Å². The van der Waals surface area contributed by atoms with E-state index in [0.29, 0.717) is 12.2 Å². The van der Waals surface area contributed by atoms with E-state index in [1.807, 2.05) is 6.92 Å². The largest absolute Gasteiger partial charge is 0.478 e. The van der Waals surface area contributed by atoms with Crippen molar-refractivity contribution in [1.82, 2.24) is 25.4 Å². The summed E-state index contributed by atoms with van der Waals surface area (Å²) in [6, 6.07) is 11.3. The number of rotatable bonds is 9. The molecule has 0 radical (unpaired) electrons. The Kier molecular flexibility index (Phi) is 8.11. The van der Waals surface area contributed by atoms with E-state index < -0.39 is 5.97 Å². The topological polar surface area (TPSA) is 97.8 Å². The number of aromatic nitrogens is 1. The maximum atomic E-state index is 12.2. The Balaban J connectivity index is 1.42. The number of likely N-dealkylation sites (N-methyl/N-ethyl adjacent to an activating group) is 1. The van der Waals surface area contributed by atoms with Crippen molar-refractivity contribution in [3.63, 3.8) is 0 Å². The maximum absolute atomic E-state index is 12.2. The van der Waals surface area contributed by atoms with E-state index in [0.717, 1.165) is 38.3 Å². The van der Waals surface area contributed by atoms with E-state index in [-0.39, 0.29) is 24.1 Å². The molecule has 0 spiro atoms. The number of hydrogen-bond donors (Lipinski definition) is 3. The summed E-state index contributed by atoms with van der Waals surface area (Å²) in [5, 5.41) is 15.0. The van der Waals surface area contributed by atoms with Gasteiger partial charge < -0.3 is 20.6 Å². The van der Waals surface area contributed by atoms with Crippen molar-refractivity contribution in [1.29, 1.82) is 0 Å². The van der Waals surface area contributed by atoms with Crippen LogP contribution in [0, 0.1) is 0 Å². The van der Waals surface area contributed by atoms with Gasteiger partial charge in [0.2, 0.25) is 5.91 Å². The van der Waals surface area contributed by atoms with Crippen molar-refractivity contribution in [2.45, 2.75) is 26.1 Å². The zero-order chi connectivity index (χ0) is 22.2. The van der Waals surface area contributed by atoms with Crippen molar-refractivity contribution < 1.29 is 14.7 Å². The summed E-state index contributed by atoms with van der Waals surface area (Å²) < 4.78 is 0. The van der Waals surface area contributed by atoms with Crippen molar-refractivity contribution in [3.8, 4) is 0 Å². The highest BCUT2D eigenvalue weighted by atomic mass is 16.4. The molecule has 0 aliphatic carbocycles. The van der Waals surface area contributed by atoms with Gasteiger partial charge in [0.15, 0.2) is 0 Å². The van der Waals surface area contributed by atoms with Gasteiger partial charge in [-0.3, -0.25) is 14.7 Å². The molecule has 1 unspecified atom stereocenters. The van der Waals surface area contributed by atoms with Crippen LogP contribution < -0.4 is 10.6 Å². The first-order chi connectivity index (χ1) is 14.9. The number of piperazine rings is 1. The summed E-state index contributed by atoms with van der Waals surface area (Å²) in [6.07, 6.45) is 1.45. The molecule has 0 bridgehead atoms. The normalized spacial score (nSPS) is 16.1. The number of nitrogens with zero attached hydrogens (tertiary/aromatic N) is 3. The van der Waals surface area contributed by atoms with Gasteiger partial charge in [-0.25, -0.2) is 4.79 Å². The molecule has 3 rings (SSSR count). The molecule has 1 aromatic heterocycles. The van der Waals surface area contributed by atoms with Crippen LogP contribution in [0.4, 0.5) is 0 Å². The van der Waals surface area contributed by atoms with Crippen LogP contribution in [0.2, 0.25) is 0 Å². The minimum atomic E-state index is -0.996. The molecule has 3 N–H and O–H groups in total. The van der Waals surface area contributed by atoms with Gasteiger partial charge in [0.25, 0.3) is 0 Å². The van der Waals surface area contributed by atoms with Crippen LogP contribution in [0.15, 0.2) is 42.6 Å². The number of pyridine rings is 1. The van der Waals surface area contributed by atoms with Crippen molar-refractivity contribution in [2.75, 3.05) is 39.8 Å². The standard InChI is InChI=1S/C23H31N5O3/c1-17(19-5-3-18(4-6-19)16-28-11-9-27(2)10-12-28)26-22(29)15-24-14-21-13-20(23(30)31)7-8-25-21/h3-8,13,17,24H,9-12,14-16H2,1-2H3,(H,26,29)(H,30,31). The van der Waals surface area contributed by atoms with Crippen LogP contribution in [0.3, 0.4) is 0 Å². The smallest absolute Gasteiger partial charge is 0.335 e. The second kappa shape index (κ2) is 11.0. The van der Waals surface area contributed by atoms with Gasteiger partial charge in [-0.1, -0.05) is 24.3 Å². The maximum Gasteiger partial charge on any atom is 0.335 e. The fraction of sp³-hybridized carbons (Fsp3) is 0.435. The molecule has 1 aliphatic rings. The van der Waals surface area contributed by atoms with Crippen molar-refractivity contribution in [2.24, 2.45) is 0 Å². The van der Waals surface area contributed by atoms with Gasteiger partial charge in [0.1, 0.15) is 0 Å². The quantitative estimate of drug-likeness (QED) is 0.560. The summed E-state index contributed by atoms with van der Waals surface area (Å²) in [7, 11) is 2.16. The van der Waals surface area contributed by atoms with Crippen molar-refractivity contribution >= 4 is 11.9 Å². The van der Waals surface area contributed by atoms with E-state index in [9.17, 15) is 9.59 Å². The molecule has 31 heavy (non-hydrogen) atoms. The number of hydrogen-bond acceptors (Lipinski definition) is 6. The number of benzene rings is 1. The monoisotopic (exact) mass is 425 g/mol. The summed E-state index contributed by atoms with van der Waals surface area (Å²) in [5.74, 6) is -1.12. The van der Waals surface area contributed by atoms with Gasteiger partial charge in [-0.05, 0) is 37.2 Å². The summed E-state index contributed by atoms with van der Waals surface area (Å²) in [5.41, 5.74) is 3.11. The molecule has 1 saturated heterocycles. The van der Waals surface area contributed by atoms with Crippen LogP contribution in [0.5, 0.6) is 0 Å². The zero-order valence-corrected chi connectivity index (χ0v) is 18.2. The predicted octanol–water partition coefficient (Wildman–Crippen LogP) is 1.49. The van der Waals surface area contributed by atoms with Gasteiger partial charge >= 0.3 is 5.97 Å². The van der Waals surface area contributed by atoms with Crippen LogP contribution in [-0.2, 0) is 17.9 Å². The first-order valence-electron chi connectivity index (χ1n) is 10.6. The van der Waals surface area contributed by atoms with E-state index >= 15 is 0 Å². The number of carboxylic acid groups (broad SMARTS) is 1. The highest BCUT2D eigenvalue weighted by Crippen LogP contribution is 2.15. The number of nitrogens with one attached hydrogen (secondary N) is 2. The molecule has 8 heteroatoms. The summed E-state index contributed by atoms with van der Waals surface area (Å²) >= 11 is 0. The van der Waals surface area contributed by atoms with E-state index in [1.54, 1.807) is 0 Å². The predicted molar refractivity (Wildman–Crippen MR) is 119 cm³/mol. The Bertz CT molecular complexity index is 879. The molecule has 2 aromatic rings. The molecular formula is C23H31N5O3. The molecule has 1 atom stereocenters. The Hall–Kier alpha value is -2.81. The van der Waals surface area contributed by atoms with Crippen molar-refractivity contribution in [3.05, 3.63) is 65.0 Å². The third-order valence-electron chi connectivity index (χ3n) is 5.51. The minimum Gasteiger partial charge on any atom is -0.478 e. The minimum absolute atomic E-state index is 0.0968. The Morgan fingerprint density at radius 2 is 1.84 bits per heavy atom. The van der Waals surface area contributed by atoms with E-state index in [1.165, 1.54) is 23.9 Å². The van der Waals surface area contributed by atoms with Crippen LogP contribution in [0.1, 0.15) is 40.1 Å². The lowest BCUT2D eigenvalue weighted by molar-refractivity contribution is -0.120. The van der Waals surface area contributed by atoms with Crippen LogP contribution in [0.25, 0.3) is 0 Å². The lowest BCUT2D eigenvalue weighted by atomic mass is 10.1. The molecule has 2 heterocycles. The highest BCUT2D eigenvalue weighted by molar-refractivity contribution is 5.87. The van der Waals surface area contributed by atoms with Gasteiger partial charge in [-0.15, -0.1) is 0 Å². The average molecular weight is 426 g/mol. The van der Waals surface area contributed by atoms with Gasteiger partial charge in [0, 0.05) is 45.5 Å². The van der Waals surface area contributed by atoms with Crippen LogP contribution >= 0.6 is 0 Å². The second-order valence-corrected chi connectivity index (χ2v) is 8.05. The SMILES string of the molecule is CC(NC(=O)CNCc1cc(C(=O)O)ccn1)c1ccc(CN2CCN(C)CC2)cc1. The summed E-state index contributed by atoms with van der Waals surface area (Å²) in [4.78, 5) is 32.2. The van der Waals surface area contributed by atoms with Gasteiger partial charge in [0.05, 0.1) is 23.8 Å². The lowest BCUT2D eigenvalue weighted by Gasteiger charge is -2.32. The van der Waals surface area contributed by atoms with Crippen LogP contribution in [-0.4, -0.2) is 71.5 Å². The molecule has 1 aromatic carbocycles. The van der Waals surface area contributed by atoms with E-state index in [2.05, 4.69) is 56.7 Å². The molecule has 1 aliphatic heterocycles. The first kappa shape index (κ1) is 22.9. The zero-order valence-electron chi connectivity index (χ0n) is 18.2. The molecular weight excluding hydrogens is 394 g/mol. The third kappa shape index (κ3) is 7.13. The highest BCUT2D eigenvalue weighted by Gasteiger charge is 2.14. The number of amides is 1. The molecule has 166 valence electrons. The number of carbonyl (C=O) groups excluding carboxylic acids is 1. The molecule has 1 fully saturated rings. The molecule has 8 nitrogen and oxygen atoms in total. The number of carbonyl (C=O) groups is 2. The fourth-order valence-corrected chi connectivity index (χ4v) is 3.56. The Labute approximate surface area is 183 Å². The third-order valence-corrected chi connectivity index (χ3v) is 5.51.